The van der Waals surface area contributed by atoms with Gasteiger partial charge < -0.3 is 9.88 Å². The highest BCUT2D eigenvalue weighted by atomic mass is 32.2. The molecule has 7 nitrogen and oxygen atoms in total. The number of thioether (sulfide) groups is 1. The third-order valence-corrected chi connectivity index (χ3v) is 6.45. The lowest BCUT2D eigenvalue weighted by Gasteiger charge is -2.16. The fourth-order valence-electron chi connectivity index (χ4n) is 3.03. The van der Waals surface area contributed by atoms with E-state index in [4.69, 9.17) is 5.14 Å². The molecule has 1 amide bonds. The summed E-state index contributed by atoms with van der Waals surface area (Å²) in [5, 5.41) is 8.80. The monoisotopic (exact) mass is 418 g/mol. The van der Waals surface area contributed by atoms with Gasteiger partial charge in [0.1, 0.15) is 0 Å². The van der Waals surface area contributed by atoms with E-state index in [1.165, 1.54) is 23.9 Å². The number of nitrogens with zero attached hydrogens (tertiary/aromatic N) is 2. The number of sulfonamides is 1. The standard InChI is InChI=1S/C19H22N4O3S2/c1-12-6-4-5-7-15(12)13(2)21-18(24)11-27-19-22-16-10-14(28(20,25)26)8-9-17(16)23(19)3/h4-10,13H,11H2,1-3H3,(H,21,24)(H2,20,25,26). The summed E-state index contributed by atoms with van der Waals surface area (Å²) in [5.74, 6) is 0.105. The first-order valence-electron chi connectivity index (χ1n) is 8.64. The molecule has 1 heterocycles. The summed E-state index contributed by atoms with van der Waals surface area (Å²) in [6.07, 6.45) is 0. The maximum atomic E-state index is 12.4. The Labute approximate surface area is 168 Å². The van der Waals surface area contributed by atoms with Crippen molar-refractivity contribution in [2.24, 2.45) is 12.2 Å². The number of benzene rings is 2. The Kier molecular flexibility index (Phi) is 5.78. The molecule has 0 aliphatic heterocycles. The Morgan fingerprint density at radius 1 is 1.29 bits per heavy atom. The zero-order valence-electron chi connectivity index (χ0n) is 15.8. The maximum Gasteiger partial charge on any atom is 0.238 e. The minimum absolute atomic E-state index is 0.0134. The molecular weight excluding hydrogens is 396 g/mol. The Balaban J connectivity index is 1.70. The van der Waals surface area contributed by atoms with Crippen LogP contribution in [0.3, 0.4) is 0 Å². The number of rotatable bonds is 6. The second kappa shape index (κ2) is 7.94. The topological polar surface area (TPSA) is 107 Å². The lowest BCUT2D eigenvalue weighted by Crippen LogP contribution is -2.28. The van der Waals surface area contributed by atoms with Gasteiger partial charge in [-0.05, 0) is 43.2 Å². The SMILES string of the molecule is Cc1ccccc1C(C)NC(=O)CSc1nc2cc(S(N)(=O)=O)ccc2n1C. The number of amides is 1. The molecule has 0 radical (unpaired) electrons. The summed E-state index contributed by atoms with van der Waals surface area (Å²) in [6, 6.07) is 12.4. The second-order valence-corrected chi connectivity index (χ2v) is 9.09. The molecule has 0 aliphatic carbocycles. The third kappa shape index (κ3) is 4.37. The Bertz CT molecular complexity index is 1140. The van der Waals surface area contributed by atoms with E-state index in [-0.39, 0.29) is 22.6 Å². The first-order chi connectivity index (χ1) is 13.2. The Hall–Kier alpha value is -2.36. The molecule has 1 unspecified atom stereocenters. The van der Waals surface area contributed by atoms with Crippen LogP contribution in [0.1, 0.15) is 24.1 Å². The van der Waals surface area contributed by atoms with Crippen LogP contribution in [0, 0.1) is 6.92 Å². The number of carbonyl (C=O) groups excluding carboxylic acids is 1. The van der Waals surface area contributed by atoms with Gasteiger partial charge in [0.2, 0.25) is 15.9 Å². The van der Waals surface area contributed by atoms with E-state index in [1.807, 2.05) is 49.7 Å². The van der Waals surface area contributed by atoms with Gasteiger partial charge in [-0.15, -0.1) is 0 Å². The van der Waals surface area contributed by atoms with Crippen LogP contribution < -0.4 is 10.5 Å². The number of hydrogen-bond donors (Lipinski definition) is 2. The van der Waals surface area contributed by atoms with Crippen molar-refractivity contribution < 1.29 is 13.2 Å². The molecule has 9 heteroatoms. The van der Waals surface area contributed by atoms with Gasteiger partial charge in [0.15, 0.2) is 5.16 Å². The zero-order chi connectivity index (χ0) is 20.5. The first-order valence-corrected chi connectivity index (χ1v) is 11.2. The van der Waals surface area contributed by atoms with E-state index in [0.717, 1.165) is 16.6 Å². The number of imidazole rings is 1. The predicted molar refractivity (Wildman–Crippen MR) is 111 cm³/mol. The summed E-state index contributed by atoms with van der Waals surface area (Å²) in [6.45, 7) is 3.97. The van der Waals surface area contributed by atoms with Crippen molar-refractivity contribution in [2.45, 2.75) is 29.9 Å². The molecule has 1 aromatic heterocycles. The van der Waals surface area contributed by atoms with Gasteiger partial charge >= 0.3 is 0 Å². The molecule has 1 atom stereocenters. The molecule has 0 saturated carbocycles. The fraction of sp³-hybridized carbons (Fsp3) is 0.263. The van der Waals surface area contributed by atoms with Crippen LogP contribution in [0.2, 0.25) is 0 Å². The van der Waals surface area contributed by atoms with Crippen molar-refractivity contribution in [1.82, 2.24) is 14.9 Å². The average Bonchev–Trinajstić information content (AvgIpc) is 2.95. The smallest absolute Gasteiger partial charge is 0.238 e. The molecule has 0 spiro atoms. The number of aromatic nitrogens is 2. The van der Waals surface area contributed by atoms with Gasteiger partial charge in [0.25, 0.3) is 0 Å². The van der Waals surface area contributed by atoms with E-state index in [2.05, 4.69) is 10.3 Å². The van der Waals surface area contributed by atoms with Crippen molar-refractivity contribution >= 4 is 38.7 Å². The van der Waals surface area contributed by atoms with Crippen molar-refractivity contribution in [1.29, 1.82) is 0 Å². The van der Waals surface area contributed by atoms with Crippen LogP contribution in [-0.4, -0.2) is 29.6 Å². The fourth-order valence-corrected chi connectivity index (χ4v) is 4.36. The number of hydrogen-bond acceptors (Lipinski definition) is 5. The van der Waals surface area contributed by atoms with Gasteiger partial charge in [-0.1, -0.05) is 36.0 Å². The molecule has 0 fully saturated rings. The van der Waals surface area contributed by atoms with Crippen LogP contribution in [0.5, 0.6) is 0 Å². The van der Waals surface area contributed by atoms with Crippen molar-refractivity contribution in [3.63, 3.8) is 0 Å². The van der Waals surface area contributed by atoms with Gasteiger partial charge in [0, 0.05) is 7.05 Å². The van der Waals surface area contributed by atoms with Gasteiger partial charge in [-0.25, -0.2) is 18.5 Å². The molecular formula is C19H22N4O3S2. The van der Waals surface area contributed by atoms with E-state index in [1.54, 1.807) is 6.07 Å². The zero-order valence-corrected chi connectivity index (χ0v) is 17.5. The predicted octanol–water partition coefficient (Wildman–Crippen LogP) is 2.50. The number of fused-ring (bicyclic) bond motifs is 1. The Morgan fingerprint density at radius 3 is 2.68 bits per heavy atom. The quantitative estimate of drug-likeness (QED) is 0.598. The number of aryl methyl sites for hydroxylation is 2. The first kappa shape index (κ1) is 20.4. The molecule has 3 aromatic rings. The number of nitrogens with one attached hydrogen (secondary N) is 1. The highest BCUT2D eigenvalue weighted by molar-refractivity contribution is 7.99. The summed E-state index contributed by atoms with van der Waals surface area (Å²) >= 11 is 1.29. The number of carbonyl (C=O) groups is 1. The molecule has 0 bridgehead atoms. The molecule has 0 saturated heterocycles. The maximum absolute atomic E-state index is 12.4. The summed E-state index contributed by atoms with van der Waals surface area (Å²) in [7, 11) is -1.97. The molecule has 3 rings (SSSR count). The summed E-state index contributed by atoms with van der Waals surface area (Å²) in [5.41, 5.74) is 3.50. The highest BCUT2D eigenvalue weighted by Gasteiger charge is 2.16. The van der Waals surface area contributed by atoms with Crippen LogP contribution in [0.15, 0.2) is 52.5 Å². The summed E-state index contributed by atoms with van der Waals surface area (Å²) in [4.78, 5) is 16.8. The van der Waals surface area contributed by atoms with Crippen LogP contribution in [-0.2, 0) is 21.9 Å². The van der Waals surface area contributed by atoms with Crippen molar-refractivity contribution in [2.75, 3.05) is 5.75 Å². The molecule has 3 N–H and O–H groups in total. The van der Waals surface area contributed by atoms with Gasteiger partial charge in [-0.3, -0.25) is 4.79 Å². The lowest BCUT2D eigenvalue weighted by atomic mass is 10.0. The van der Waals surface area contributed by atoms with Gasteiger partial charge in [0.05, 0.1) is 27.7 Å². The molecule has 28 heavy (non-hydrogen) atoms. The normalized spacial score (nSPS) is 12.9. The molecule has 0 aliphatic rings. The van der Waals surface area contributed by atoms with E-state index in [0.29, 0.717) is 10.7 Å². The average molecular weight is 419 g/mol. The minimum Gasteiger partial charge on any atom is -0.349 e. The lowest BCUT2D eigenvalue weighted by molar-refractivity contribution is -0.119. The van der Waals surface area contributed by atoms with Crippen LogP contribution in [0.4, 0.5) is 0 Å². The highest BCUT2D eigenvalue weighted by Crippen LogP contribution is 2.25. The number of primary sulfonamides is 1. The van der Waals surface area contributed by atoms with Crippen LogP contribution in [0.25, 0.3) is 11.0 Å². The minimum atomic E-state index is -3.79. The van der Waals surface area contributed by atoms with E-state index in [9.17, 15) is 13.2 Å². The van der Waals surface area contributed by atoms with Crippen LogP contribution >= 0.6 is 11.8 Å². The number of nitrogens with two attached hydrogens (primary N) is 1. The summed E-state index contributed by atoms with van der Waals surface area (Å²) < 4.78 is 24.8. The molecule has 2 aromatic carbocycles. The third-order valence-electron chi connectivity index (χ3n) is 4.50. The largest absolute Gasteiger partial charge is 0.349 e. The van der Waals surface area contributed by atoms with E-state index >= 15 is 0 Å². The van der Waals surface area contributed by atoms with Crippen molar-refractivity contribution in [3.05, 3.63) is 53.6 Å². The van der Waals surface area contributed by atoms with Crippen molar-refractivity contribution in [3.8, 4) is 0 Å². The Morgan fingerprint density at radius 2 is 2.00 bits per heavy atom. The molecule has 148 valence electrons. The van der Waals surface area contributed by atoms with Gasteiger partial charge in [-0.2, -0.15) is 0 Å². The second-order valence-electron chi connectivity index (χ2n) is 6.58. The van der Waals surface area contributed by atoms with E-state index < -0.39 is 10.0 Å².